The monoisotopic (exact) mass is 270 g/mol. The first-order valence-corrected chi connectivity index (χ1v) is 5.91. The lowest BCUT2D eigenvalue weighted by molar-refractivity contribution is -0.134. The van der Waals surface area contributed by atoms with Crippen LogP contribution in [0.3, 0.4) is 0 Å². The summed E-state index contributed by atoms with van der Waals surface area (Å²) in [5.74, 6) is -1.77. The van der Waals surface area contributed by atoms with Gasteiger partial charge in [-0.3, -0.25) is 14.4 Å². The highest BCUT2D eigenvalue weighted by atomic mass is 16.4. The predicted octanol–water partition coefficient (Wildman–Crippen LogP) is 2.84. The number of aliphatic carboxylic acids is 1. The molecule has 2 aromatic carbocycles. The van der Waals surface area contributed by atoms with Crippen LogP contribution in [0.2, 0.25) is 0 Å². The van der Waals surface area contributed by atoms with E-state index in [-0.39, 0.29) is 0 Å². The summed E-state index contributed by atoms with van der Waals surface area (Å²) in [5, 5.41) is 7.42. The molecule has 0 aliphatic heterocycles. The summed E-state index contributed by atoms with van der Waals surface area (Å²) in [4.78, 5) is 32.6. The number of ketones is 2. The summed E-state index contributed by atoms with van der Waals surface area (Å²) in [6.45, 7) is 1.08. The molecule has 0 saturated carbocycles. The molecule has 0 amide bonds. The van der Waals surface area contributed by atoms with Crippen molar-refractivity contribution in [1.29, 1.82) is 0 Å². The van der Waals surface area contributed by atoms with E-state index in [9.17, 15) is 9.59 Å². The van der Waals surface area contributed by atoms with Crippen LogP contribution in [0.5, 0.6) is 0 Å². The molecule has 2 aromatic rings. The Labute approximate surface area is 116 Å². The standard InChI is InChI=1S/C14H10O2.C2H4O2/c15-13(11-7-3-1-4-8-11)14(16)12-9-5-2-6-10-12;1-2(3)4/h1-10H;1H3,(H,3,4). The van der Waals surface area contributed by atoms with Gasteiger partial charge in [-0.1, -0.05) is 60.7 Å². The van der Waals surface area contributed by atoms with E-state index in [0.29, 0.717) is 11.1 Å². The van der Waals surface area contributed by atoms with E-state index in [4.69, 9.17) is 9.90 Å². The van der Waals surface area contributed by atoms with Crippen LogP contribution < -0.4 is 0 Å². The first-order chi connectivity index (χ1) is 9.52. The first-order valence-electron chi connectivity index (χ1n) is 5.91. The van der Waals surface area contributed by atoms with Gasteiger partial charge in [0.05, 0.1) is 0 Å². The maximum Gasteiger partial charge on any atom is 0.300 e. The number of carboxylic acids is 1. The topological polar surface area (TPSA) is 71.4 Å². The van der Waals surface area contributed by atoms with Crippen molar-refractivity contribution in [2.45, 2.75) is 6.92 Å². The Hall–Kier alpha value is -2.75. The number of carbonyl (C=O) groups is 3. The second kappa shape index (κ2) is 7.63. The van der Waals surface area contributed by atoms with Crippen molar-refractivity contribution in [3.63, 3.8) is 0 Å². The number of carboxylic acid groups (broad SMARTS) is 1. The summed E-state index contributed by atoms with van der Waals surface area (Å²) in [7, 11) is 0. The molecule has 0 bridgehead atoms. The van der Waals surface area contributed by atoms with E-state index in [2.05, 4.69) is 0 Å². The summed E-state index contributed by atoms with van der Waals surface area (Å²) in [5.41, 5.74) is 0.854. The van der Waals surface area contributed by atoms with Crippen molar-refractivity contribution in [2.24, 2.45) is 0 Å². The number of benzene rings is 2. The van der Waals surface area contributed by atoms with Gasteiger partial charge in [-0.05, 0) is 0 Å². The van der Waals surface area contributed by atoms with Gasteiger partial charge in [-0.25, -0.2) is 0 Å². The van der Waals surface area contributed by atoms with Crippen molar-refractivity contribution in [3.05, 3.63) is 71.8 Å². The van der Waals surface area contributed by atoms with E-state index < -0.39 is 17.5 Å². The molecule has 0 saturated heterocycles. The maximum absolute atomic E-state index is 11.8. The molecule has 0 heterocycles. The highest BCUT2D eigenvalue weighted by Crippen LogP contribution is 2.07. The molecule has 0 aliphatic carbocycles. The molecular weight excluding hydrogens is 256 g/mol. The molecular formula is C16H14O4. The van der Waals surface area contributed by atoms with Crippen molar-refractivity contribution >= 4 is 17.5 Å². The molecule has 20 heavy (non-hydrogen) atoms. The predicted molar refractivity (Wildman–Crippen MR) is 74.9 cm³/mol. The minimum atomic E-state index is -0.833. The van der Waals surface area contributed by atoms with Crippen LogP contribution in [0.4, 0.5) is 0 Å². The van der Waals surface area contributed by atoms with Crippen LogP contribution in [0.1, 0.15) is 27.6 Å². The molecule has 0 radical (unpaired) electrons. The maximum atomic E-state index is 11.8. The van der Waals surface area contributed by atoms with Gasteiger partial charge in [0.2, 0.25) is 11.6 Å². The van der Waals surface area contributed by atoms with Crippen molar-refractivity contribution in [1.82, 2.24) is 0 Å². The number of rotatable bonds is 3. The molecule has 0 spiro atoms. The summed E-state index contributed by atoms with van der Waals surface area (Å²) >= 11 is 0. The Morgan fingerprint density at radius 3 is 1.20 bits per heavy atom. The minimum Gasteiger partial charge on any atom is -0.481 e. The van der Waals surface area contributed by atoms with Gasteiger partial charge in [-0.15, -0.1) is 0 Å². The average Bonchev–Trinajstić information content (AvgIpc) is 2.47. The quantitative estimate of drug-likeness (QED) is 0.687. The van der Waals surface area contributed by atoms with E-state index in [1.165, 1.54) is 0 Å². The third-order valence-electron chi connectivity index (χ3n) is 2.28. The van der Waals surface area contributed by atoms with E-state index in [1.807, 2.05) is 12.1 Å². The van der Waals surface area contributed by atoms with Gasteiger partial charge in [0.25, 0.3) is 5.97 Å². The minimum absolute atomic E-state index is 0.427. The fourth-order valence-corrected chi connectivity index (χ4v) is 1.44. The normalized spacial score (nSPS) is 9.05. The molecule has 1 N–H and O–H groups in total. The van der Waals surface area contributed by atoms with Crippen LogP contribution in [0.25, 0.3) is 0 Å². The molecule has 2 rings (SSSR count). The largest absolute Gasteiger partial charge is 0.481 e. The third-order valence-corrected chi connectivity index (χ3v) is 2.28. The molecule has 102 valence electrons. The Balaban J connectivity index is 0.000000444. The van der Waals surface area contributed by atoms with Gasteiger partial charge in [0, 0.05) is 18.1 Å². The van der Waals surface area contributed by atoms with E-state index >= 15 is 0 Å². The van der Waals surface area contributed by atoms with Gasteiger partial charge >= 0.3 is 0 Å². The second-order valence-electron chi connectivity index (χ2n) is 3.91. The van der Waals surface area contributed by atoms with Crippen LogP contribution in [-0.2, 0) is 4.79 Å². The third kappa shape index (κ3) is 4.86. The molecule has 4 heteroatoms. The zero-order valence-electron chi connectivity index (χ0n) is 10.9. The lowest BCUT2D eigenvalue weighted by Gasteiger charge is -1.99. The average molecular weight is 270 g/mol. The van der Waals surface area contributed by atoms with Gasteiger partial charge in [-0.2, -0.15) is 0 Å². The summed E-state index contributed by atoms with van der Waals surface area (Å²) in [6, 6.07) is 17.2. The van der Waals surface area contributed by atoms with Gasteiger partial charge in [0.15, 0.2) is 0 Å². The molecule has 0 unspecified atom stereocenters. The Bertz CT molecular complexity index is 535. The molecule has 0 fully saturated rings. The smallest absolute Gasteiger partial charge is 0.300 e. The van der Waals surface area contributed by atoms with Crippen molar-refractivity contribution in [3.8, 4) is 0 Å². The lowest BCUT2D eigenvalue weighted by Crippen LogP contribution is -2.14. The second-order valence-corrected chi connectivity index (χ2v) is 3.91. The molecule has 0 atom stereocenters. The van der Waals surface area contributed by atoms with Gasteiger partial charge < -0.3 is 5.11 Å². The summed E-state index contributed by atoms with van der Waals surface area (Å²) < 4.78 is 0. The Morgan fingerprint density at radius 1 is 0.700 bits per heavy atom. The van der Waals surface area contributed by atoms with Crippen LogP contribution in [0, 0.1) is 0 Å². The highest BCUT2D eigenvalue weighted by Gasteiger charge is 2.16. The number of hydrogen-bond donors (Lipinski definition) is 1. The fraction of sp³-hybridized carbons (Fsp3) is 0.0625. The first kappa shape index (κ1) is 15.3. The van der Waals surface area contributed by atoms with Crippen molar-refractivity contribution < 1.29 is 19.5 Å². The number of Topliss-reactive ketones (excluding diaryl/α,β-unsaturated/α-hetero) is 2. The number of carbonyl (C=O) groups excluding carboxylic acids is 2. The Kier molecular flexibility index (Phi) is 5.84. The van der Waals surface area contributed by atoms with E-state index in [1.54, 1.807) is 48.5 Å². The van der Waals surface area contributed by atoms with Crippen LogP contribution in [-0.4, -0.2) is 22.6 Å². The van der Waals surface area contributed by atoms with Crippen LogP contribution in [0.15, 0.2) is 60.7 Å². The Morgan fingerprint density at radius 2 is 0.950 bits per heavy atom. The van der Waals surface area contributed by atoms with Crippen molar-refractivity contribution in [2.75, 3.05) is 0 Å². The van der Waals surface area contributed by atoms with Gasteiger partial charge in [0.1, 0.15) is 0 Å². The zero-order chi connectivity index (χ0) is 15.0. The lowest BCUT2D eigenvalue weighted by atomic mass is 10.0. The van der Waals surface area contributed by atoms with E-state index in [0.717, 1.165) is 6.92 Å². The molecule has 0 aliphatic rings. The highest BCUT2D eigenvalue weighted by molar-refractivity contribution is 6.49. The molecule has 0 aromatic heterocycles. The van der Waals surface area contributed by atoms with Crippen LogP contribution >= 0.6 is 0 Å². The SMILES string of the molecule is CC(=O)O.O=C(C(=O)c1ccccc1)c1ccccc1. The number of hydrogen-bond acceptors (Lipinski definition) is 3. The zero-order valence-corrected chi connectivity index (χ0v) is 10.9. The summed E-state index contributed by atoms with van der Waals surface area (Å²) in [6.07, 6.45) is 0. The fourth-order valence-electron chi connectivity index (χ4n) is 1.44. The molecule has 4 nitrogen and oxygen atoms in total.